The van der Waals surface area contributed by atoms with E-state index in [0.29, 0.717) is 6.54 Å². The number of pyridine rings is 1. The van der Waals surface area contributed by atoms with Gasteiger partial charge in [0.1, 0.15) is 0 Å². The molecule has 0 bridgehead atoms. The van der Waals surface area contributed by atoms with Crippen molar-refractivity contribution in [1.82, 2.24) is 0 Å². The maximum atomic E-state index is 12.7. The van der Waals surface area contributed by atoms with Gasteiger partial charge in [-0.25, -0.2) is 0 Å². The van der Waals surface area contributed by atoms with Gasteiger partial charge < -0.3 is 0 Å². The Morgan fingerprint density at radius 3 is 2.58 bits per heavy atom. The molecule has 1 aromatic heterocycles. The number of aromatic nitrogens is 1. The van der Waals surface area contributed by atoms with Crippen LogP contribution in [0.25, 0.3) is 11.1 Å². The van der Waals surface area contributed by atoms with Crippen LogP contribution in [-0.4, -0.2) is 5.78 Å². The molecule has 0 radical (unpaired) electrons. The van der Waals surface area contributed by atoms with Crippen LogP contribution < -0.4 is 4.57 Å². The molecular formula is C22H20NO+. The minimum Gasteiger partial charge on any atom is -0.287 e. The molecule has 0 aliphatic heterocycles. The molecular weight excluding hydrogens is 294 g/mol. The molecule has 1 heterocycles. The summed E-state index contributed by atoms with van der Waals surface area (Å²) in [5.41, 5.74) is 8.24. The number of carbonyl (C=O) groups is 1. The molecule has 1 aliphatic carbocycles. The standard InChI is InChI=1S/C22H20NO/c1-15-9-10-23(16(2)11-15)14-22(24)19-8-7-18-12-17-5-3-4-6-20(17)21(18)13-19/h3-11,13H,12,14H2,1-2H3/q+1. The zero-order valence-electron chi connectivity index (χ0n) is 14.0. The van der Waals surface area contributed by atoms with Gasteiger partial charge in [0.25, 0.3) is 0 Å². The van der Waals surface area contributed by atoms with Crippen molar-refractivity contribution in [3.63, 3.8) is 0 Å². The fourth-order valence-electron chi connectivity index (χ4n) is 3.51. The average Bonchev–Trinajstić information content (AvgIpc) is 2.95. The third-order valence-corrected chi connectivity index (χ3v) is 4.84. The van der Waals surface area contributed by atoms with Crippen LogP contribution in [0, 0.1) is 13.8 Å². The lowest BCUT2D eigenvalue weighted by atomic mass is 10.0. The maximum absolute atomic E-state index is 12.7. The number of nitrogens with zero attached hydrogens (tertiary/aromatic N) is 1. The number of hydrogen-bond donors (Lipinski definition) is 0. The molecule has 0 saturated heterocycles. The minimum atomic E-state index is 0.152. The fourth-order valence-corrected chi connectivity index (χ4v) is 3.51. The lowest BCUT2D eigenvalue weighted by Crippen LogP contribution is -2.40. The molecule has 0 unspecified atom stereocenters. The molecule has 0 amide bonds. The second kappa shape index (κ2) is 5.72. The van der Waals surface area contributed by atoms with Crippen LogP contribution in [0.5, 0.6) is 0 Å². The lowest BCUT2D eigenvalue weighted by Gasteiger charge is -2.05. The van der Waals surface area contributed by atoms with Gasteiger partial charge in [-0.05, 0) is 47.2 Å². The van der Waals surface area contributed by atoms with Gasteiger partial charge >= 0.3 is 0 Å². The van der Waals surface area contributed by atoms with E-state index < -0.39 is 0 Å². The fraction of sp³-hybridized carbons (Fsp3) is 0.182. The molecule has 0 saturated carbocycles. The van der Waals surface area contributed by atoms with E-state index in [1.807, 2.05) is 29.8 Å². The maximum Gasteiger partial charge on any atom is 0.227 e. The van der Waals surface area contributed by atoms with E-state index in [0.717, 1.165) is 17.7 Å². The highest BCUT2D eigenvalue weighted by atomic mass is 16.1. The first-order valence-electron chi connectivity index (χ1n) is 8.33. The summed E-state index contributed by atoms with van der Waals surface area (Å²) in [5, 5.41) is 0. The summed E-state index contributed by atoms with van der Waals surface area (Å²) in [7, 11) is 0. The Kier molecular flexibility index (Phi) is 3.53. The number of fused-ring (bicyclic) bond motifs is 3. The minimum absolute atomic E-state index is 0.152. The predicted octanol–water partition coefficient (Wildman–Crippen LogP) is 4.05. The Balaban J connectivity index is 1.65. The normalized spacial score (nSPS) is 11.9. The molecule has 118 valence electrons. The van der Waals surface area contributed by atoms with Crippen LogP contribution in [0.4, 0.5) is 0 Å². The molecule has 1 aliphatic rings. The highest BCUT2D eigenvalue weighted by molar-refractivity contribution is 5.97. The van der Waals surface area contributed by atoms with Gasteiger partial charge in [-0.15, -0.1) is 0 Å². The molecule has 24 heavy (non-hydrogen) atoms. The Hall–Kier alpha value is -2.74. The quantitative estimate of drug-likeness (QED) is 0.413. The number of aryl methyl sites for hydroxylation is 2. The van der Waals surface area contributed by atoms with E-state index in [1.54, 1.807) is 0 Å². The first-order chi connectivity index (χ1) is 11.6. The molecule has 2 aromatic carbocycles. The van der Waals surface area contributed by atoms with E-state index in [2.05, 4.69) is 49.4 Å². The SMILES string of the molecule is Cc1cc[n+](CC(=O)c2ccc3c(c2)-c2ccccc2C3)c(C)c1. The van der Waals surface area contributed by atoms with Gasteiger partial charge in [0, 0.05) is 24.6 Å². The van der Waals surface area contributed by atoms with Gasteiger partial charge in [0.2, 0.25) is 12.3 Å². The third-order valence-electron chi connectivity index (χ3n) is 4.84. The number of rotatable bonds is 3. The number of hydrogen-bond acceptors (Lipinski definition) is 1. The second-order valence-electron chi connectivity index (χ2n) is 6.60. The predicted molar refractivity (Wildman–Crippen MR) is 95.1 cm³/mol. The van der Waals surface area contributed by atoms with Gasteiger partial charge in [-0.2, -0.15) is 4.57 Å². The summed E-state index contributed by atoms with van der Waals surface area (Å²) in [6.45, 7) is 4.49. The average molecular weight is 314 g/mol. The smallest absolute Gasteiger partial charge is 0.227 e. The van der Waals surface area contributed by atoms with Crippen LogP contribution in [0.1, 0.15) is 32.7 Å². The summed E-state index contributed by atoms with van der Waals surface area (Å²) in [6.07, 6.45) is 2.96. The van der Waals surface area contributed by atoms with Crippen molar-refractivity contribution in [2.24, 2.45) is 0 Å². The molecule has 0 fully saturated rings. The molecule has 4 rings (SSSR count). The third kappa shape index (κ3) is 2.54. The van der Waals surface area contributed by atoms with Crippen molar-refractivity contribution in [3.8, 4) is 11.1 Å². The van der Waals surface area contributed by atoms with Crippen LogP contribution in [-0.2, 0) is 13.0 Å². The van der Waals surface area contributed by atoms with Crippen molar-refractivity contribution in [1.29, 1.82) is 0 Å². The number of benzene rings is 2. The summed E-state index contributed by atoms with van der Waals surface area (Å²) in [5.74, 6) is 0.152. The van der Waals surface area contributed by atoms with Crippen molar-refractivity contribution in [2.75, 3.05) is 0 Å². The second-order valence-corrected chi connectivity index (χ2v) is 6.60. The number of Topliss-reactive ketones (excluding diaryl/α,β-unsaturated/α-hetero) is 1. The van der Waals surface area contributed by atoms with Crippen LogP contribution in [0.3, 0.4) is 0 Å². The highest BCUT2D eigenvalue weighted by Crippen LogP contribution is 2.36. The number of carbonyl (C=O) groups excluding carboxylic acids is 1. The van der Waals surface area contributed by atoms with E-state index >= 15 is 0 Å². The van der Waals surface area contributed by atoms with Crippen molar-refractivity contribution in [2.45, 2.75) is 26.8 Å². The summed E-state index contributed by atoms with van der Waals surface area (Å²) in [6, 6.07) is 18.7. The first-order valence-corrected chi connectivity index (χ1v) is 8.33. The molecule has 0 atom stereocenters. The monoisotopic (exact) mass is 314 g/mol. The molecule has 0 spiro atoms. The summed E-state index contributed by atoms with van der Waals surface area (Å²) in [4.78, 5) is 12.7. The summed E-state index contributed by atoms with van der Waals surface area (Å²) < 4.78 is 2.01. The van der Waals surface area contributed by atoms with E-state index in [1.165, 1.54) is 27.8 Å². The zero-order valence-corrected chi connectivity index (χ0v) is 14.0. The van der Waals surface area contributed by atoms with Gasteiger partial charge in [-0.1, -0.05) is 36.4 Å². The van der Waals surface area contributed by atoms with Crippen molar-refractivity contribution in [3.05, 3.63) is 88.7 Å². The molecule has 3 aromatic rings. The van der Waals surface area contributed by atoms with Gasteiger partial charge in [-0.3, -0.25) is 4.79 Å². The van der Waals surface area contributed by atoms with E-state index in [9.17, 15) is 4.79 Å². The van der Waals surface area contributed by atoms with Crippen LogP contribution >= 0.6 is 0 Å². The highest BCUT2D eigenvalue weighted by Gasteiger charge is 2.21. The summed E-state index contributed by atoms with van der Waals surface area (Å²) >= 11 is 0. The largest absolute Gasteiger partial charge is 0.287 e. The Morgan fingerprint density at radius 1 is 0.958 bits per heavy atom. The van der Waals surface area contributed by atoms with Crippen LogP contribution in [0.15, 0.2) is 60.8 Å². The Bertz CT molecular complexity index is 956. The van der Waals surface area contributed by atoms with Crippen LogP contribution in [0.2, 0.25) is 0 Å². The number of ketones is 1. The topological polar surface area (TPSA) is 20.9 Å². The molecule has 2 nitrogen and oxygen atoms in total. The van der Waals surface area contributed by atoms with Gasteiger partial charge in [0.05, 0.1) is 0 Å². The van der Waals surface area contributed by atoms with E-state index in [-0.39, 0.29) is 5.78 Å². The Morgan fingerprint density at radius 2 is 1.75 bits per heavy atom. The first kappa shape index (κ1) is 14.8. The van der Waals surface area contributed by atoms with Crippen molar-refractivity contribution >= 4 is 5.78 Å². The Labute approximate surface area is 142 Å². The lowest BCUT2D eigenvalue weighted by molar-refractivity contribution is -0.689. The van der Waals surface area contributed by atoms with E-state index in [4.69, 9.17) is 0 Å². The molecule has 0 N–H and O–H groups in total. The van der Waals surface area contributed by atoms with Crippen molar-refractivity contribution < 1.29 is 9.36 Å². The van der Waals surface area contributed by atoms with Gasteiger partial charge in [0.15, 0.2) is 11.9 Å². The zero-order chi connectivity index (χ0) is 16.7. The molecule has 2 heteroatoms.